The van der Waals surface area contributed by atoms with Crippen LogP contribution in [0.3, 0.4) is 0 Å². The average molecular weight is 462 g/mol. The summed E-state index contributed by atoms with van der Waals surface area (Å²) in [5, 5.41) is 3.25. The third-order valence-corrected chi connectivity index (χ3v) is 6.48. The number of allylic oxidation sites excluding steroid dienone is 1. The normalized spacial score (nSPS) is 20.9. The second kappa shape index (κ2) is 9.46. The number of thioether (sulfide) groups is 1. The molecule has 0 N–H and O–H groups in total. The zero-order chi connectivity index (χ0) is 22.0. The number of amidine groups is 1. The SMILES string of the molecule is CCOC(=O)C1=C(C)N=C2SC=C(CC(=O)N3CCOCC3)N2C1c1cccc(Cl)c1. The molecule has 31 heavy (non-hydrogen) atoms. The molecule has 1 aromatic rings. The Bertz CT molecular complexity index is 985. The van der Waals surface area contributed by atoms with Gasteiger partial charge in [-0.15, -0.1) is 0 Å². The lowest BCUT2D eigenvalue weighted by atomic mass is 9.94. The molecule has 0 bridgehead atoms. The van der Waals surface area contributed by atoms with Gasteiger partial charge >= 0.3 is 5.97 Å². The first-order valence-electron chi connectivity index (χ1n) is 10.2. The molecule has 9 heteroatoms. The van der Waals surface area contributed by atoms with E-state index in [1.165, 1.54) is 11.8 Å². The highest BCUT2D eigenvalue weighted by Gasteiger charge is 2.41. The lowest BCUT2D eigenvalue weighted by molar-refractivity contribution is -0.139. The van der Waals surface area contributed by atoms with E-state index in [0.29, 0.717) is 42.6 Å². The molecule has 7 nitrogen and oxygen atoms in total. The number of fused-ring (bicyclic) bond motifs is 1. The van der Waals surface area contributed by atoms with Crippen molar-refractivity contribution < 1.29 is 19.1 Å². The number of amides is 1. The first-order valence-corrected chi connectivity index (χ1v) is 11.5. The molecule has 1 aromatic carbocycles. The van der Waals surface area contributed by atoms with E-state index >= 15 is 0 Å². The van der Waals surface area contributed by atoms with E-state index < -0.39 is 12.0 Å². The smallest absolute Gasteiger partial charge is 0.338 e. The number of carbonyl (C=O) groups is 2. The fourth-order valence-corrected chi connectivity index (χ4v) is 5.07. The van der Waals surface area contributed by atoms with Crippen molar-refractivity contribution in [2.24, 2.45) is 4.99 Å². The topological polar surface area (TPSA) is 71.4 Å². The van der Waals surface area contributed by atoms with Gasteiger partial charge in [0.15, 0.2) is 5.17 Å². The van der Waals surface area contributed by atoms with Crippen LogP contribution in [0.2, 0.25) is 5.02 Å². The molecule has 0 radical (unpaired) electrons. The summed E-state index contributed by atoms with van der Waals surface area (Å²) < 4.78 is 10.7. The second-order valence-electron chi connectivity index (χ2n) is 7.34. The van der Waals surface area contributed by atoms with Gasteiger partial charge < -0.3 is 19.3 Å². The number of hydrogen-bond donors (Lipinski definition) is 0. The van der Waals surface area contributed by atoms with Crippen molar-refractivity contribution in [2.45, 2.75) is 26.3 Å². The maximum atomic E-state index is 12.9. The second-order valence-corrected chi connectivity index (χ2v) is 8.61. The van der Waals surface area contributed by atoms with Crippen molar-refractivity contribution in [2.75, 3.05) is 32.9 Å². The lowest BCUT2D eigenvalue weighted by Crippen LogP contribution is -2.42. The summed E-state index contributed by atoms with van der Waals surface area (Å²) in [6.45, 7) is 6.13. The van der Waals surface area contributed by atoms with Crippen LogP contribution in [-0.2, 0) is 19.1 Å². The van der Waals surface area contributed by atoms with Gasteiger partial charge in [-0.25, -0.2) is 9.79 Å². The van der Waals surface area contributed by atoms with Crippen LogP contribution >= 0.6 is 23.4 Å². The fourth-order valence-electron chi connectivity index (χ4n) is 3.91. The summed E-state index contributed by atoms with van der Waals surface area (Å²) in [5.74, 6) is -0.381. The van der Waals surface area contributed by atoms with Crippen LogP contribution in [0.15, 0.2) is 51.6 Å². The largest absolute Gasteiger partial charge is 0.463 e. The van der Waals surface area contributed by atoms with Crippen LogP contribution in [0.5, 0.6) is 0 Å². The Morgan fingerprint density at radius 2 is 2.10 bits per heavy atom. The van der Waals surface area contributed by atoms with Gasteiger partial charge in [0.1, 0.15) is 0 Å². The molecule has 0 spiro atoms. The predicted molar refractivity (Wildman–Crippen MR) is 120 cm³/mol. The first kappa shape index (κ1) is 21.9. The molecule has 0 saturated carbocycles. The van der Waals surface area contributed by atoms with Crippen LogP contribution < -0.4 is 0 Å². The van der Waals surface area contributed by atoms with Crippen molar-refractivity contribution in [1.29, 1.82) is 0 Å². The van der Waals surface area contributed by atoms with Crippen LogP contribution in [0, 0.1) is 0 Å². The van der Waals surface area contributed by atoms with E-state index in [0.717, 1.165) is 16.4 Å². The van der Waals surface area contributed by atoms with Crippen molar-refractivity contribution >= 4 is 40.4 Å². The Kier molecular flexibility index (Phi) is 6.69. The Morgan fingerprint density at radius 3 is 2.81 bits per heavy atom. The highest BCUT2D eigenvalue weighted by atomic mass is 35.5. The number of aliphatic imine (C=N–C) groups is 1. The number of morpholine rings is 1. The van der Waals surface area contributed by atoms with Gasteiger partial charge in [0.2, 0.25) is 5.91 Å². The molecule has 1 fully saturated rings. The summed E-state index contributed by atoms with van der Waals surface area (Å²) >= 11 is 7.74. The van der Waals surface area contributed by atoms with Gasteiger partial charge in [-0.1, -0.05) is 35.5 Å². The Morgan fingerprint density at radius 1 is 1.32 bits per heavy atom. The van der Waals surface area contributed by atoms with E-state index in [2.05, 4.69) is 4.99 Å². The maximum Gasteiger partial charge on any atom is 0.338 e. The van der Waals surface area contributed by atoms with Crippen LogP contribution in [0.25, 0.3) is 0 Å². The molecule has 3 heterocycles. The first-order chi connectivity index (χ1) is 15.0. The van der Waals surface area contributed by atoms with Crippen LogP contribution in [0.1, 0.15) is 31.9 Å². The Balaban J connectivity index is 1.69. The van der Waals surface area contributed by atoms with Gasteiger partial charge in [0.25, 0.3) is 0 Å². The minimum absolute atomic E-state index is 0.0326. The van der Waals surface area contributed by atoms with E-state index in [4.69, 9.17) is 21.1 Å². The maximum absolute atomic E-state index is 12.9. The zero-order valence-corrected chi connectivity index (χ0v) is 19.0. The fraction of sp³-hybridized carbons (Fsp3) is 0.409. The molecule has 164 valence electrons. The van der Waals surface area contributed by atoms with E-state index in [-0.39, 0.29) is 18.9 Å². The number of rotatable bonds is 5. The number of halogens is 1. The quantitative estimate of drug-likeness (QED) is 0.622. The molecule has 0 aromatic heterocycles. The van der Waals surface area contributed by atoms with Gasteiger partial charge in [0.05, 0.1) is 43.6 Å². The highest BCUT2D eigenvalue weighted by Crippen LogP contribution is 2.45. The van der Waals surface area contributed by atoms with Crippen molar-refractivity contribution in [3.8, 4) is 0 Å². The average Bonchev–Trinajstić information content (AvgIpc) is 3.15. The third-order valence-electron chi connectivity index (χ3n) is 5.36. The number of carbonyl (C=O) groups excluding carboxylic acids is 2. The van der Waals surface area contributed by atoms with E-state index in [1.807, 2.05) is 40.3 Å². The summed E-state index contributed by atoms with van der Waals surface area (Å²) in [6, 6.07) is 6.94. The summed E-state index contributed by atoms with van der Waals surface area (Å²) in [4.78, 5) is 34.3. The number of nitrogens with zero attached hydrogens (tertiary/aromatic N) is 3. The van der Waals surface area contributed by atoms with Crippen molar-refractivity contribution in [3.63, 3.8) is 0 Å². The van der Waals surface area contributed by atoms with Gasteiger partial charge in [0, 0.05) is 23.8 Å². The molecule has 0 aliphatic carbocycles. The number of hydrogen-bond acceptors (Lipinski definition) is 7. The summed E-state index contributed by atoms with van der Waals surface area (Å²) in [6.07, 6.45) is 0.220. The van der Waals surface area contributed by atoms with Gasteiger partial charge in [-0.3, -0.25) is 4.79 Å². The number of ether oxygens (including phenoxy) is 2. The molecule has 1 atom stereocenters. The molecule has 3 aliphatic rings. The lowest BCUT2D eigenvalue weighted by Gasteiger charge is -2.37. The molecular weight excluding hydrogens is 438 g/mol. The molecule has 1 saturated heterocycles. The molecular formula is C22H24ClN3O4S. The summed E-state index contributed by atoms with van der Waals surface area (Å²) in [7, 11) is 0. The van der Waals surface area contributed by atoms with E-state index in [1.54, 1.807) is 13.0 Å². The molecule has 4 rings (SSSR count). The Labute approximate surface area is 190 Å². The molecule has 1 unspecified atom stereocenters. The predicted octanol–water partition coefficient (Wildman–Crippen LogP) is 3.73. The van der Waals surface area contributed by atoms with Crippen molar-refractivity contribution in [3.05, 3.63) is 57.2 Å². The standard InChI is InChI=1S/C22H24ClN3O4S/c1-3-30-21(28)19-14(2)24-22-26(20(19)15-5-4-6-16(23)11-15)17(13-31-22)12-18(27)25-7-9-29-10-8-25/h4-6,11,13,20H,3,7-10,12H2,1-2H3. The Hall–Kier alpha value is -2.29. The minimum atomic E-state index is -0.469. The van der Waals surface area contributed by atoms with Crippen LogP contribution in [0.4, 0.5) is 0 Å². The van der Waals surface area contributed by atoms with Crippen molar-refractivity contribution in [1.82, 2.24) is 9.80 Å². The van der Waals surface area contributed by atoms with Gasteiger partial charge in [-0.2, -0.15) is 0 Å². The van der Waals surface area contributed by atoms with Gasteiger partial charge in [-0.05, 0) is 37.0 Å². The number of esters is 1. The highest BCUT2D eigenvalue weighted by molar-refractivity contribution is 8.16. The third kappa shape index (κ3) is 4.51. The van der Waals surface area contributed by atoms with Crippen LogP contribution in [-0.4, -0.2) is 59.8 Å². The number of benzene rings is 1. The van der Waals surface area contributed by atoms with E-state index in [9.17, 15) is 9.59 Å². The summed E-state index contributed by atoms with van der Waals surface area (Å²) in [5.41, 5.74) is 2.71. The molecule has 3 aliphatic heterocycles. The minimum Gasteiger partial charge on any atom is -0.463 e. The zero-order valence-electron chi connectivity index (χ0n) is 17.5. The molecule has 1 amide bonds. The monoisotopic (exact) mass is 461 g/mol.